The van der Waals surface area contributed by atoms with Gasteiger partial charge in [-0.1, -0.05) is 22.0 Å². The van der Waals surface area contributed by atoms with E-state index in [1.807, 2.05) is 51.2 Å². The number of halogens is 1. The summed E-state index contributed by atoms with van der Waals surface area (Å²) >= 11 is 3.52. The SMILES string of the molecule is CC(C)(C)OC(=O)NCC1CCN(Cc2c[nH]c3ncnc(Nc4cccc(Br)c4)c23)CC1. The molecule has 1 aliphatic heterocycles. The number of anilines is 2. The molecule has 0 atom stereocenters. The number of carbonyl (C=O) groups is 1. The third-order valence-corrected chi connectivity index (χ3v) is 6.17. The van der Waals surface area contributed by atoms with Crippen molar-refractivity contribution in [2.75, 3.05) is 25.0 Å². The third kappa shape index (κ3) is 6.45. The van der Waals surface area contributed by atoms with E-state index in [0.717, 1.165) is 59.5 Å². The van der Waals surface area contributed by atoms with Crippen molar-refractivity contribution in [3.63, 3.8) is 0 Å². The molecule has 0 aliphatic carbocycles. The minimum absolute atomic E-state index is 0.339. The van der Waals surface area contributed by atoms with Gasteiger partial charge in [-0.05, 0) is 76.4 Å². The standard InChI is InChI=1S/C24H31BrN6O2/c1-24(2,3)33-23(32)27-12-16-7-9-31(10-8-16)14-17-13-26-21-20(17)22(29-15-28-21)30-19-6-4-5-18(25)11-19/h4-6,11,13,15-16H,7-10,12,14H2,1-3H3,(H,27,32)(H2,26,28,29,30). The number of nitrogens with zero attached hydrogens (tertiary/aromatic N) is 3. The molecule has 3 aromatic rings. The van der Waals surface area contributed by atoms with E-state index < -0.39 is 5.60 Å². The van der Waals surface area contributed by atoms with E-state index in [0.29, 0.717) is 12.5 Å². The summed E-state index contributed by atoms with van der Waals surface area (Å²) in [6, 6.07) is 8.03. The van der Waals surface area contributed by atoms with Gasteiger partial charge in [0.15, 0.2) is 0 Å². The molecule has 1 fully saturated rings. The number of alkyl carbamates (subject to hydrolysis) is 1. The van der Waals surface area contributed by atoms with E-state index >= 15 is 0 Å². The molecule has 3 N–H and O–H groups in total. The Morgan fingerprint density at radius 3 is 2.79 bits per heavy atom. The van der Waals surface area contributed by atoms with Crippen LogP contribution in [0, 0.1) is 5.92 Å². The number of piperidine rings is 1. The summed E-state index contributed by atoms with van der Waals surface area (Å²) in [5.41, 5.74) is 2.50. The second-order valence-electron chi connectivity index (χ2n) is 9.50. The van der Waals surface area contributed by atoms with E-state index in [-0.39, 0.29) is 6.09 Å². The first-order valence-corrected chi connectivity index (χ1v) is 12.1. The van der Waals surface area contributed by atoms with Gasteiger partial charge in [0.2, 0.25) is 0 Å². The van der Waals surface area contributed by atoms with Crippen molar-refractivity contribution in [2.24, 2.45) is 5.92 Å². The average Bonchev–Trinajstić information content (AvgIpc) is 3.16. The lowest BCUT2D eigenvalue weighted by molar-refractivity contribution is 0.0509. The lowest BCUT2D eigenvalue weighted by Crippen LogP contribution is -2.40. The average molecular weight is 515 g/mol. The fraction of sp³-hybridized carbons (Fsp3) is 0.458. The lowest BCUT2D eigenvalue weighted by atomic mass is 9.96. The molecule has 1 aromatic carbocycles. The van der Waals surface area contributed by atoms with Crippen LogP contribution in [0.25, 0.3) is 11.0 Å². The fourth-order valence-electron chi connectivity index (χ4n) is 4.08. The van der Waals surface area contributed by atoms with Gasteiger partial charge >= 0.3 is 6.09 Å². The zero-order valence-electron chi connectivity index (χ0n) is 19.3. The number of rotatable bonds is 6. The molecule has 33 heavy (non-hydrogen) atoms. The molecule has 4 rings (SSSR count). The first kappa shape index (κ1) is 23.5. The minimum Gasteiger partial charge on any atom is -0.444 e. The maximum Gasteiger partial charge on any atom is 0.407 e. The number of fused-ring (bicyclic) bond motifs is 1. The second kappa shape index (κ2) is 10.1. The van der Waals surface area contributed by atoms with Crippen LogP contribution in [0.15, 0.2) is 41.3 Å². The highest BCUT2D eigenvalue weighted by molar-refractivity contribution is 9.10. The molecule has 0 radical (unpaired) electrons. The Bertz CT molecular complexity index is 1100. The van der Waals surface area contributed by atoms with Gasteiger partial charge in [0.1, 0.15) is 23.4 Å². The Labute approximate surface area is 202 Å². The van der Waals surface area contributed by atoms with Crippen molar-refractivity contribution in [2.45, 2.75) is 45.8 Å². The lowest BCUT2D eigenvalue weighted by Gasteiger charge is -2.32. The molecule has 1 aliphatic rings. The maximum atomic E-state index is 11.9. The van der Waals surface area contributed by atoms with Crippen molar-refractivity contribution < 1.29 is 9.53 Å². The topological polar surface area (TPSA) is 95.2 Å². The Kier molecular flexibility index (Phi) is 7.19. The van der Waals surface area contributed by atoms with Gasteiger partial charge in [0, 0.05) is 29.4 Å². The number of H-pyrrole nitrogens is 1. The van der Waals surface area contributed by atoms with E-state index in [1.54, 1.807) is 6.33 Å². The van der Waals surface area contributed by atoms with Crippen LogP contribution < -0.4 is 10.6 Å². The number of nitrogens with one attached hydrogen (secondary N) is 3. The maximum absolute atomic E-state index is 11.9. The molecule has 1 amide bonds. The number of carbonyl (C=O) groups excluding carboxylic acids is 1. The number of aromatic amines is 1. The number of likely N-dealkylation sites (tertiary alicyclic amines) is 1. The van der Waals surface area contributed by atoms with Gasteiger partial charge in [-0.3, -0.25) is 4.90 Å². The number of ether oxygens (including phenoxy) is 1. The molecule has 0 unspecified atom stereocenters. The number of hydrogen-bond acceptors (Lipinski definition) is 6. The van der Waals surface area contributed by atoms with Gasteiger partial charge < -0.3 is 20.4 Å². The Balaban J connectivity index is 1.36. The van der Waals surface area contributed by atoms with Crippen molar-refractivity contribution in [3.05, 3.63) is 46.8 Å². The van der Waals surface area contributed by atoms with Crippen molar-refractivity contribution in [3.8, 4) is 0 Å². The summed E-state index contributed by atoms with van der Waals surface area (Å²) in [5.74, 6) is 1.26. The third-order valence-electron chi connectivity index (χ3n) is 5.67. The molecule has 0 saturated carbocycles. The van der Waals surface area contributed by atoms with Gasteiger partial charge in [-0.25, -0.2) is 14.8 Å². The summed E-state index contributed by atoms with van der Waals surface area (Å²) in [6.45, 7) is 9.07. The number of benzene rings is 1. The Morgan fingerprint density at radius 1 is 1.27 bits per heavy atom. The normalized spacial score (nSPS) is 15.5. The summed E-state index contributed by atoms with van der Waals surface area (Å²) in [7, 11) is 0. The molecule has 9 heteroatoms. The summed E-state index contributed by atoms with van der Waals surface area (Å²) < 4.78 is 6.35. The largest absolute Gasteiger partial charge is 0.444 e. The van der Waals surface area contributed by atoms with Crippen LogP contribution in [0.5, 0.6) is 0 Å². The Hall–Kier alpha value is -2.65. The van der Waals surface area contributed by atoms with E-state index in [1.165, 1.54) is 5.56 Å². The molecular formula is C24H31BrN6O2. The van der Waals surface area contributed by atoms with Crippen molar-refractivity contribution in [1.82, 2.24) is 25.2 Å². The summed E-state index contributed by atoms with van der Waals surface area (Å²) in [5, 5.41) is 7.37. The first-order chi connectivity index (χ1) is 15.8. The number of aromatic nitrogens is 3. The van der Waals surface area contributed by atoms with Gasteiger partial charge in [-0.2, -0.15) is 0 Å². The predicted molar refractivity (Wildman–Crippen MR) is 134 cm³/mol. The fourth-order valence-corrected chi connectivity index (χ4v) is 4.48. The Morgan fingerprint density at radius 2 is 2.06 bits per heavy atom. The quantitative estimate of drug-likeness (QED) is 0.418. The van der Waals surface area contributed by atoms with E-state index in [4.69, 9.17) is 4.74 Å². The van der Waals surface area contributed by atoms with Gasteiger partial charge in [0.25, 0.3) is 0 Å². The zero-order chi connectivity index (χ0) is 23.4. The highest BCUT2D eigenvalue weighted by Crippen LogP contribution is 2.29. The summed E-state index contributed by atoms with van der Waals surface area (Å²) in [4.78, 5) is 26.6. The molecule has 0 bridgehead atoms. The minimum atomic E-state index is -0.471. The molecule has 8 nitrogen and oxygen atoms in total. The van der Waals surface area contributed by atoms with Crippen molar-refractivity contribution in [1.29, 1.82) is 0 Å². The predicted octanol–water partition coefficient (Wildman–Crippen LogP) is 5.20. The molecular weight excluding hydrogens is 484 g/mol. The van der Waals surface area contributed by atoms with Crippen LogP contribution in [0.2, 0.25) is 0 Å². The number of amides is 1. The summed E-state index contributed by atoms with van der Waals surface area (Å²) in [6.07, 6.45) is 5.35. The van der Waals surface area contributed by atoms with Gasteiger partial charge in [-0.15, -0.1) is 0 Å². The van der Waals surface area contributed by atoms with E-state index in [9.17, 15) is 4.79 Å². The molecule has 1 saturated heterocycles. The molecule has 176 valence electrons. The number of hydrogen-bond donors (Lipinski definition) is 3. The smallest absolute Gasteiger partial charge is 0.407 e. The highest BCUT2D eigenvalue weighted by Gasteiger charge is 2.23. The monoisotopic (exact) mass is 514 g/mol. The van der Waals surface area contributed by atoms with Crippen LogP contribution >= 0.6 is 15.9 Å². The zero-order valence-corrected chi connectivity index (χ0v) is 20.9. The van der Waals surface area contributed by atoms with Crippen LogP contribution in [-0.4, -0.2) is 51.2 Å². The van der Waals surface area contributed by atoms with Crippen LogP contribution in [0.3, 0.4) is 0 Å². The second-order valence-corrected chi connectivity index (χ2v) is 10.4. The first-order valence-electron chi connectivity index (χ1n) is 11.3. The van der Waals surface area contributed by atoms with Crippen LogP contribution in [0.4, 0.5) is 16.3 Å². The molecule has 0 spiro atoms. The highest BCUT2D eigenvalue weighted by atomic mass is 79.9. The van der Waals surface area contributed by atoms with Gasteiger partial charge in [0.05, 0.1) is 5.39 Å². The van der Waals surface area contributed by atoms with E-state index in [2.05, 4.69) is 46.4 Å². The molecule has 2 aromatic heterocycles. The molecule has 3 heterocycles. The van der Waals surface area contributed by atoms with Crippen LogP contribution in [-0.2, 0) is 11.3 Å². The van der Waals surface area contributed by atoms with Crippen LogP contribution in [0.1, 0.15) is 39.2 Å². The van der Waals surface area contributed by atoms with Crippen molar-refractivity contribution >= 4 is 44.6 Å².